The first-order valence-corrected chi connectivity index (χ1v) is 6.78. The number of rotatable bonds is 4. The number of urea groups is 1. The van der Waals surface area contributed by atoms with Crippen molar-refractivity contribution in [1.29, 1.82) is 0 Å². The molecule has 0 aromatic carbocycles. The quantitative estimate of drug-likeness (QED) is 0.785. The van der Waals surface area contributed by atoms with Crippen LogP contribution in [0.1, 0.15) is 52.9 Å². The van der Waals surface area contributed by atoms with Crippen molar-refractivity contribution in [3.05, 3.63) is 0 Å². The third-order valence-corrected chi connectivity index (χ3v) is 3.79. The minimum absolute atomic E-state index is 0.121. The summed E-state index contributed by atoms with van der Waals surface area (Å²) in [6.45, 7) is 7.88. The zero-order valence-electron chi connectivity index (χ0n) is 11.0. The van der Waals surface area contributed by atoms with Gasteiger partial charge in [-0.1, -0.05) is 26.2 Å². The maximum Gasteiger partial charge on any atom is 0.317 e. The second-order valence-corrected chi connectivity index (χ2v) is 4.68. The van der Waals surface area contributed by atoms with Gasteiger partial charge in [0.05, 0.1) is 0 Å². The van der Waals surface area contributed by atoms with Crippen molar-refractivity contribution in [2.75, 3.05) is 13.1 Å². The summed E-state index contributed by atoms with van der Waals surface area (Å²) in [6, 6.07) is 0.530. The van der Waals surface area contributed by atoms with Crippen LogP contribution in [0.4, 0.5) is 4.79 Å². The van der Waals surface area contributed by atoms with Crippen molar-refractivity contribution in [2.45, 2.75) is 58.9 Å². The van der Waals surface area contributed by atoms with Gasteiger partial charge in [0.1, 0.15) is 0 Å². The molecule has 1 fully saturated rings. The Bertz CT molecular complexity index is 214. The topological polar surface area (TPSA) is 32.3 Å². The monoisotopic (exact) mass is 226 g/mol. The number of carbonyl (C=O) groups excluding carboxylic acids is 1. The lowest BCUT2D eigenvalue weighted by Crippen LogP contribution is -2.48. The van der Waals surface area contributed by atoms with Crippen LogP contribution in [0.5, 0.6) is 0 Å². The van der Waals surface area contributed by atoms with Crippen LogP contribution in [0, 0.1) is 5.92 Å². The second-order valence-electron chi connectivity index (χ2n) is 4.68. The van der Waals surface area contributed by atoms with Gasteiger partial charge in [-0.2, -0.15) is 0 Å². The summed E-state index contributed by atoms with van der Waals surface area (Å²) in [7, 11) is 0. The van der Waals surface area contributed by atoms with Crippen molar-refractivity contribution in [3.63, 3.8) is 0 Å². The van der Waals surface area contributed by atoms with Gasteiger partial charge in [-0.15, -0.1) is 0 Å². The Morgan fingerprint density at radius 3 is 2.38 bits per heavy atom. The van der Waals surface area contributed by atoms with Crippen molar-refractivity contribution >= 4 is 6.03 Å². The first-order chi connectivity index (χ1) is 7.72. The molecule has 1 saturated carbocycles. The summed E-state index contributed by atoms with van der Waals surface area (Å²) >= 11 is 0. The molecule has 3 nitrogen and oxygen atoms in total. The normalized spacial score (nSPS) is 25.2. The van der Waals surface area contributed by atoms with E-state index in [4.69, 9.17) is 0 Å². The van der Waals surface area contributed by atoms with Crippen LogP contribution >= 0.6 is 0 Å². The minimum Gasteiger partial charge on any atom is -0.335 e. The molecule has 0 aromatic rings. The van der Waals surface area contributed by atoms with Crippen LogP contribution in [0.25, 0.3) is 0 Å². The van der Waals surface area contributed by atoms with Gasteiger partial charge in [-0.05, 0) is 32.6 Å². The number of hydrogen-bond donors (Lipinski definition) is 1. The summed E-state index contributed by atoms with van der Waals surface area (Å²) in [5.41, 5.74) is 0. The average molecular weight is 226 g/mol. The molecule has 0 bridgehead atoms. The highest BCUT2D eigenvalue weighted by Gasteiger charge is 2.25. The molecule has 0 saturated heterocycles. The predicted octanol–water partition coefficient (Wildman–Crippen LogP) is 3.01. The maximum absolute atomic E-state index is 11.9. The van der Waals surface area contributed by atoms with Gasteiger partial charge in [0.2, 0.25) is 0 Å². The van der Waals surface area contributed by atoms with E-state index in [2.05, 4.69) is 12.2 Å². The van der Waals surface area contributed by atoms with Gasteiger partial charge in [0.15, 0.2) is 0 Å². The lowest BCUT2D eigenvalue weighted by atomic mass is 9.83. The van der Waals surface area contributed by atoms with E-state index >= 15 is 0 Å². The molecule has 2 amide bonds. The third kappa shape index (κ3) is 3.39. The van der Waals surface area contributed by atoms with Gasteiger partial charge in [0, 0.05) is 19.1 Å². The smallest absolute Gasteiger partial charge is 0.317 e. The van der Waals surface area contributed by atoms with Crippen molar-refractivity contribution in [2.24, 2.45) is 5.92 Å². The first-order valence-electron chi connectivity index (χ1n) is 6.78. The zero-order chi connectivity index (χ0) is 12.0. The highest BCUT2D eigenvalue weighted by molar-refractivity contribution is 5.74. The molecular weight excluding hydrogens is 200 g/mol. The zero-order valence-corrected chi connectivity index (χ0v) is 11.0. The van der Waals surface area contributed by atoms with Gasteiger partial charge >= 0.3 is 6.03 Å². The van der Waals surface area contributed by atoms with Crippen LogP contribution < -0.4 is 5.32 Å². The lowest BCUT2D eigenvalue weighted by molar-refractivity contribution is 0.183. The minimum atomic E-state index is 0.121. The molecule has 0 spiro atoms. The van der Waals surface area contributed by atoms with E-state index in [1.54, 1.807) is 0 Å². The molecule has 1 rings (SSSR count). The summed E-state index contributed by atoms with van der Waals surface area (Å²) in [4.78, 5) is 13.8. The molecule has 0 aromatic heterocycles. The van der Waals surface area contributed by atoms with E-state index < -0.39 is 0 Å². The Labute approximate surface area is 99.6 Å². The molecule has 0 radical (unpaired) electrons. The number of nitrogens with one attached hydrogen (secondary N) is 1. The summed E-state index contributed by atoms with van der Waals surface area (Å²) in [6.07, 6.45) is 6.21. The van der Waals surface area contributed by atoms with Crippen LogP contribution in [0.15, 0.2) is 0 Å². The lowest BCUT2D eigenvalue weighted by Gasteiger charge is -2.33. The molecule has 1 N–H and O–H groups in total. The van der Waals surface area contributed by atoms with E-state index in [1.165, 1.54) is 25.7 Å². The van der Waals surface area contributed by atoms with Gasteiger partial charge in [0.25, 0.3) is 0 Å². The Hall–Kier alpha value is -0.730. The van der Waals surface area contributed by atoms with Crippen molar-refractivity contribution in [3.8, 4) is 0 Å². The van der Waals surface area contributed by atoms with Crippen molar-refractivity contribution in [1.82, 2.24) is 10.2 Å². The fourth-order valence-electron chi connectivity index (χ4n) is 2.65. The summed E-state index contributed by atoms with van der Waals surface area (Å²) in [5.74, 6) is 0.688. The average Bonchev–Trinajstić information content (AvgIpc) is 2.31. The maximum atomic E-state index is 11.9. The molecule has 2 atom stereocenters. The fraction of sp³-hybridized carbons (Fsp3) is 0.923. The summed E-state index contributed by atoms with van der Waals surface area (Å²) in [5, 5.41) is 3.21. The highest BCUT2D eigenvalue weighted by atomic mass is 16.2. The van der Waals surface area contributed by atoms with Gasteiger partial charge < -0.3 is 10.2 Å². The Morgan fingerprint density at radius 2 is 1.81 bits per heavy atom. The standard InChI is InChI=1S/C13H26N2O/c1-4-11-9-7-8-10-12(11)14-13(16)15(5-2)6-3/h11-12H,4-10H2,1-3H3,(H,14,16). The largest absolute Gasteiger partial charge is 0.335 e. The third-order valence-electron chi connectivity index (χ3n) is 3.79. The fourth-order valence-corrected chi connectivity index (χ4v) is 2.65. The number of amides is 2. The molecule has 0 aliphatic heterocycles. The van der Waals surface area contributed by atoms with Crippen LogP contribution in [0.3, 0.4) is 0 Å². The number of nitrogens with zero attached hydrogens (tertiary/aromatic N) is 1. The molecule has 16 heavy (non-hydrogen) atoms. The SMILES string of the molecule is CCC1CCCCC1NC(=O)N(CC)CC. The van der Waals surface area contributed by atoms with E-state index in [0.29, 0.717) is 12.0 Å². The first kappa shape index (κ1) is 13.3. The van der Waals surface area contributed by atoms with Gasteiger partial charge in [-0.25, -0.2) is 4.79 Å². The Kier molecular flexibility index (Phi) is 5.64. The molecular formula is C13H26N2O. The van der Waals surface area contributed by atoms with Crippen LogP contribution in [-0.4, -0.2) is 30.1 Å². The van der Waals surface area contributed by atoms with Gasteiger partial charge in [-0.3, -0.25) is 0 Å². The summed E-state index contributed by atoms with van der Waals surface area (Å²) < 4.78 is 0. The van der Waals surface area contributed by atoms with E-state index in [0.717, 1.165) is 19.5 Å². The van der Waals surface area contributed by atoms with Crippen LogP contribution in [-0.2, 0) is 0 Å². The van der Waals surface area contributed by atoms with Crippen LogP contribution in [0.2, 0.25) is 0 Å². The second kappa shape index (κ2) is 6.77. The molecule has 2 unspecified atom stereocenters. The molecule has 1 aliphatic rings. The number of carbonyl (C=O) groups is 1. The molecule has 3 heteroatoms. The van der Waals surface area contributed by atoms with Crippen molar-refractivity contribution < 1.29 is 4.79 Å². The highest BCUT2D eigenvalue weighted by Crippen LogP contribution is 2.26. The molecule has 1 aliphatic carbocycles. The Morgan fingerprint density at radius 1 is 1.19 bits per heavy atom. The van der Waals surface area contributed by atoms with E-state index in [9.17, 15) is 4.79 Å². The number of hydrogen-bond acceptors (Lipinski definition) is 1. The molecule has 94 valence electrons. The molecule has 0 heterocycles. The van der Waals surface area contributed by atoms with E-state index in [1.807, 2.05) is 18.7 Å². The Balaban J connectivity index is 2.47. The van der Waals surface area contributed by atoms with E-state index in [-0.39, 0.29) is 6.03 Å². The predicted molar refractivity (Wildman–Crippen MR) is 67.5 cm³/mol.